The lowest BCUT2D eigenvalue weighted by Crippen LogP contribution is -1.99. The van der Waals surface area contributed by atoms with E-state index in [-0.39, 0.29) is 18.2 Å². The van der Waals surface area contributed by atoms with Gasteiger partial charge in [0.25, 0.3) is 0 Å². The predicted octanol–water partition coefficient (Wildman–Crippen LogP) is 3.84. The largest absolute Gasteiger partial charge is 0.489 e. The SMILES string of the molecule is Cc1ccc(COc2ccc3c(c2)CCC3=O)c(F)c1. The quantitative estimate of drug-likeness (QED) is 0.847. The van der Waals surface area contributed by atoms with E-state index in [2.05, 4.69) is 0 Å². The third kappa shape index (κ3) is 2.44. The van der Waals surface area contributed by atoms with E-state index in [1.807, 2.05) is 19.1 Å². The van der Waals surface area contributed by atoms with Crippen molar-refractivity contribution in [2.45, 2.75) is 26.4 Å². The van der Waals surface area contributed by atoms with Crippen LogP contribution in [0.25, 0.3) is 0 Å². The normalized spacial score (nSPS) is 13.4. The fraction of sp³-hybridized carbons (Fsp3) is 0.235. The second-order valence-corrected chi connectivity index (χ2v) is 5.13. The summed E-state index contributed by atoms with van der Waals surface area (Å²) in [7, 11) is 0. The van der Waals surface area contributed by atoms with Gasteiger partial charge in [-0.3, -0.25) is 4.79 Å². The summed E-state index contributed by atoms with van der Waals surface area (Å²) < 4.78 is 19.3. The van der Waals surface area contributed by atoms with Gasteiger partial charge in [0.15, 0.2) is 5.78 Å². The van der Waals surface area contributed by atoms with Gasteiger partial charge in [0.1, 0.15) is 18.2 Å². The molecule has 0 amide bonds. The number of ether oxygens (including phenoxy) is 1. The molecule has 0 saturated heterocycles. The molecule has 0 radical (unpaired) electrons. The van der Waals surface area contributed by atoms with Crippen LogP contribution in [-0.2, 0) is 13.0 Å². The molecule has 2 aromatic carbocycles. The molecule has 2 aromatic rings. The van der Waals surface area contributed by atoms with Crippen molar-refractivity contribution in [3.63, 3.8) is 0 Å². The molecule has 3 heteroatoms. The van der Waals surface area contributed by atoms with Crippen molar-refractivity contribution in [1.29, 1.82) is 0 Å². The van der Waals surface area contributed by atoms with Gasteiger partial charge in [-0.05, 0) is 48.7 Å². The molecule has 0 saturated carbocycles. The molecule has 0 aliphatic heterocycles. The van der Waals surface area contributed by atoms with E-state index in [0.717, 1.165) is 23.1 Å². The molecule has 0 N–H and O–H groups in total. The first kappa shape index (κ1) is 12.9. The minimum absolute atomic E-state index is 0.191. The number of carbonyl (C=O) groups excluding carboxylic acids is 1. The van der Waals surface area contributed by atoms with Crippen molar-refractivity contribution >= 4 is 5.78 Å². The maximum Gasteiger partial charge on any atom is 0.163 e. The number of benzene rings is 2. The molecule has 0 aromatic heterocycles. The molecule has 0 atom stereocenters. The lowest BCUT2D eigenvalue weighted by Gasteiger charge is -2.09. The van der Waals surface area contributed by atoms with Gasteiger partial charge in [0.05, 0.1) is 0 Å². The summed E-state index contributed by atoms with van der Waals surface area (Å²) in [6.07, 6.45) is 1.34. The van der Waals surface area contributed by atoms with E-state index < -0.39 is 0 Å². The van der Waals surface area contributed by atoms with Gasteiger partial charge < -0.3 is 4.74 Å². The molecule has 1 aliphatic carbocycles. The Morgan fingerprint density at radius 2 is 2.00 bits per heavy atom. The highest BCUT2D eigenvalue weighted by Gasteiger charge is 2.19. The second-order valence-electron chi connectivity index (χ2n) is 5.13. The first-order valence-corrected chi connectivity index (χ1v) is 6.67. The van der Waals surface area contributed by atoms with Gasteiger partial charge in [-0.2, -0.15) is 0 Å². The van der Waals surface area contributed by atoms with Gasteiger partial charge in [-0.25, -0.2) is 4.39 Å². The third-order valence-electron chi connectivity index (χ3n) is 3.60. The zero-order valence-corrected chi connectivity index (χ0v) is 11.3. The maximum absolute atomic E-state index is 13.7. The van der Waals surface area contributed by atoms with Crippen LogP contribution in [0.2, 0.25) is 0 Å². The third-order valence-corrected chi connectivity index (χ3v) is 3.60. The number of ketones is 1. The summed E-state index contributed by atoms with van der Waals surface area (Å²) in [4.78, 5) is 11.5. The Morgan fingerprint density at radius 1 is 1.15 bits per heavy atom. The van der Waals surface area contributed by atoms with Crippen LogP contribution in [0, 0.1) is 12.7 Å². The number of rotatable bonds is 3. The van der Waals surface area contributed by atoms with E-state index in [1.165, 1.54) is 6.07 Å². The number of hydrogen-bond acceptors (Lipinski definition) is 2. The van der Waals surface area contributed by atoms with Crippen molar-refractivity contribution in [2.24, 2.45) is 0 Å². The summed E-state index contributed by atoms with van der Waals surface area (Å²) >= 11 is 0. The molecule has 0 unspecified atom stereocenters. The molecule has 2 nitrogen and oxygen atoms in total. The highest BCUT2D eigenvalue weighted by atomic mass is 19.1. The minimum atomic E-state index is -0.249. The number of fused-ring (bicyclic) bond motifs is 1. The lowest BCUT2D eigenvalue weighted by molar-refractivity contribution is 0.0994. The number of halogens is 1. The fourth-order valence-electron chi connectivity index (χ4n) is 2.45. The summed E-state index contributed by atoms with van der Waals surface area (Å²) in [5, 5.41) is 0. The molecule has 3 rings (SSSR count). The fourth-order valence-corrected chi connectivity index (χ4v) is 2.45. The van der Waals surface area contributed by atoms with Gasteiger partial charge >= 0.3 is 0 Å². The van der Waals surface area contributed by atoms with Crippen LogP contribution in [0.4, 0.5) is 4.39 Å². The van der Waals surface area contributed by atoms with E-state index in [9.17, 15) is 9.18 Å². The Kier molecular flexibility index (Phi) is 3.26. The molecule has 0 bridgehead atoms. The van der Waals surface area contributed by atoms with E-state index in [4.69, 9.17) is 4.74 Å². The predicted molar refractivity (Wildman–Crippen MR) is 74.6 cm³/mol. The van der Waals surface area contributed by atoms with Gasteiger partial charge in [0.2, 0.25) is 0 Å². The number of aryl methyl sites for hydroxylation is 2. The van der Waals surface area contributed by atoms with Crippen molar-refractivity contribution < 1.29 is 13.9 Å². The van der Waals surface area contributed by atoms with Crippen LogP contribution in [-0.4, -0.2) is 5.78 Å². The van der Waals surface area contributed by atoms with Crippen LogP contribution >= 0.6 is 0 Å². The smallest absolute Gasteiger partial charge is 0.163 e. The van der Waals surface area contributed by atoms with E-state index in [1.54, 1.807) is 18.2 Å². The Morgan fingerprint density at radius 3 is 2.80 bits per heavy atom. The number of carbonyl (C=O) groups is 1. The summed E-state index contributed by atoms with van der Waals surface area (Å²) in [5.41, 5.74) is 3.24. The van der Waals surface area contributed by atoms with Gasteiger partial charge in [0, 0.05) is 17.5 Å². The Hall–Kier alpha value is -2.16. The minimum Gasteiger partial charge on any atom is -0.489 e. The summed E-state index contributed by atoms with van der Waals surface area (Å²) in [6, 6.07) is 10.6. The van der Waals surface area contributed by atoms with Gasteiger partial charge in [-0.1, -0.05) is 12.1 Å². The van der Waals surface area contributed by atoms with Gasteiger partial charge in [-0.15, -0.1) is 0 Å². The molecular weight excluding hydrogens is 255 g/mol. The molecule has 0 spiro atoms. The van der Waals surface area contributed by atoms with Crippen molar-refractivity contribution in [2.75, 3.05) is 0 Å². The van der Waals surface area contributed by atoms with E-state index in [0.29, 0.717) is 17.7 Å². The maximum atomic E-state index is 13.7. The number of Topliss-reactive ketones (excluding diaryl/α,β-unsaturated/α-hetero) is 1. The Labute approximate surface area is 117 Å². The lowest BCUT2D eigenvalue weighted by atomic mass is 10.1. The van der Waals surface area contributed by atoms with Crippen molar-refractivity contribution in [3.05, 3.63) is 64.5 Å². The average molecular weight is 270 g/mol. The van der Waals surface area contributed by atoms with Crippen molar-refractivity contribution in [1.82, 2.24) is 0 Å². The Bertz CT molecular complexity index is 677. The first-order chi connectivity index (χ1) is 9.63. The van der Waals surface area contributed by atoms with Crippen LogP contribution < -0.4 is 4.74 Å². The Balaban J connectivity index is 1.74. The molecule has 0 fully saturated rings. The highest BCUT2D eigenvalue weighted by molar-refractivity contribution is 6.00. The highest BCUT2D eigenvalue weighted by Crippen LogP contribution is 2.26. The second kappa shape index (κ2) is 5.08. The average Bonchev–Trinajstić information content (AvgIpc) is 2.79. The van der Waals surface area contributed by atoms with Crippen LogP contribution in [0.15, 0.2) is 36.4 Å². The summed E-state index contributed by atoms with van der Waals surface area (Å²) in [5.74, 6) is 0.621. The van der Waals surface area contributed by atoms with Crippen LogP contribution in [0.3, 0.4) is 0 Å². The van der Waals surface area contributed by atoms with Crippen LogP contribution in [0.1, 0.15) is 33.5 Å². The molecular formula is C17H15FO2. The van der Waals surface area contributed by atoms with E-state index >= 15 is 0 Å². The molecule has 20 heavy (non-hydrogen) atoms. The van der Waals surface area contributed by atoms with Crippen molar-refractivity contribution in [3.8, 4) is 5.75 Å². The molecule has 0 heterocycles. The zero-order chi connectivity index (χ0) is 14.1. The molecule has 102 valence electrons. The monoisotopic (exact) mass is 270 g/mol. The zero-order valence-electron chi connectivity index (χ0n) is 11.3. The van der Waals surface area contributed by atoms with Crippen LogP contribution in [0.5, 0.6) is 5.75 Å². The molecule has 1 aliphatic rings. The topological polar surface area (TPSA) is 26.3 Å². The first-order valence-electron chi connectivity index (χ1n) is 6.67. The number of hydrogen-bond donors (Lipinski definition) is 0. The standard InChI is InChI=1S/C17H15FO2/c1-11-2-3-13(16(18)8-11)10-20-14-5-6-15-12(9-14)4-7-17(15)19/h2-3,5-6,8-9H,4,7,10H2,1H3. The summed E-state index contributed by atoms with van der Waals surface area (Å²) in [6.45, 7) is 2.05.